The lowest BCUT2D eigenvalue weighted by atomic mass is 10.0. The second-order valence-electron chi connectivity index (χ2n) is 7.04. The van der Waals surface area contributed by atoms with Crippen LogP contribution in [0.25, 0.3) is 10.9 Å². The molecule has 1 aliphatic rings. The number of nitro benzene ring substituents is 1. The Hall–Kier alpha value is -3.15. The molecule has 0 saturated carbocycles. The monoisotopic (exact) mass is 363 g/mol. The first-order valence-corrected chi connectivity index (χ1v) is 9.15. The van der Waals surface area contributed by atoms with Gasteiger partial charge in [-0.1, -0.05) is 30.3 Å². The van der Waals surface area contributed by atoms with Gasteiger partial charge in [0.2, 0.25) is 0 Å². The quantitative estimate of drug-likeness (QED) is 0.522. The van der Waals surface area contributed by atoms with Crippen LogP contribution in [0.5, 0.6) is 0 Å². The fourth-order valence-electron chi connectivity index (χ4n) is 3.89. The number of non-ortho nitro benzene ring substituents is 1. The number of hydrogen-bond acceptors (Lipinski definition) is 3. The van der Waals surface area contributed by atoms with Gasteiger partial charge in [-0.25, -0.2) is 0 Å². The molecule has 2 heterocycles. The van der Waals surface area contributed by atoms with Gasteiger partial charge in [0, 0.05) is 43.2 Å². The normalized spacial score (nSPS) is 14.7. The Labute approximate surface area is 157 Å². The first-order chi connectivity index (χ1) is 13.1. The summed E-state index contributed by atoms with van der Waals surface area (Å²) < 4.78 is 2.02. The van der Waals surface area contributed by atoms with Crippen LogP contribution in [0.3, 0.4) is 0 Å². The maximum Gasteiger partial charge on any atom is 0.270 e. The molecule has 1 aromatic heterocycles. The van der Waals surface area contributed by atoms with E-state index in [1.165, 1.54) is 6.07 Å². The van der Waals surface area contributed by atoms with Gasteiger partial charge in [0.25, 0.3) is 11.6 Å². The number of aromatic nitrogens is 1. The van der Waals surface area contributed by atoms with Gasteiger partial charge in [-0.05, 0) is 36.5 Å². The average Bonchev–Trinajstić information content (AvgIpc) is 2.96. The lowest BCUT2D eigenvalue weighted by molar-refractivity contribution is -0.384. The van der Waals surface area contributed by atoms with Gasteiger partial charge in [0.1, 0.15) is 5.69 Å². The fraction of sp³-hybridized carbons (Fsp3) is 0.286. The second-order valence-corrected chi connectivity index (χ2v) is 7.04. The van der Waals surface area contributed by atoms with Crippen molar-refractivity contribution in [3.05, 3.63) is 75.5 Å². The van der Waals surface area contributed by atoms with Crippen molar-refractivity contribution >= 4 is 22.5 Å². The van der Waals surface area contributed by atoms with E-state index in [2.05, 4.69) is 0 Å². The van der Waals surface area contributed by atoms with Crippen LogP contribution < -0.4 is 0 Å². The van der Waals surface area contributed by atoms with Gasteiger partial charge in [-0.2, -0.15) is 0 Å². The Morgan fingerprint density at radius 3 is 2.63 bits per heavy atom. The molecule has 2 aromatic carbocycles. The summed E-state index contributed by atoms with van der Waals surface area (Å²) in [5.41, 5.74) is 3.62. The molecule has 0 spiro atoms. The number of hydrogen-bond donors (Lipinski definition) is 0. The number of carbonyl (C=O) groups excluding carboxylic acids is 1. The molecule has 0 aliphatic carbocycles. The standard InChI is InChI=1S/C21H21N3O3/c1-22-12-6-5-9-17-18-13-16(24(26)27)10-11-19(18)23(20(17)21(22)25)14-15-7-3-2-4-8-15/h2-4,7-8,10-11,13H,5-6,9,12,14H2,1H3. The Balaban J connectivity index is 1.97. The van der Waals surface area contributed by atoms with Gasteiger partial charge in [0.15, 0.2) is 0 Å². The largest absolute Gasteiger partial charge is 0.340 e. The number of carbonyl (C=O) groups is 1. The summed E-state index contributed by atoms with van der Waals surface area (Å²) in [6.45, 7) is 1.29. The van der Waals surface area contributed by atoms with Crippen LogP contribution in [0.2, 0.25) is 0 Å². The Morgan fingerprint density at radius 1 is 1.11 bits per heavy atom. The molecule has 27 heavy (non-hydrogen) atoms. The molecule has 6 nitrogen and oxygen atoms in total. The zero-order chi connectivity index (χ0) is 19.0. The van der Waals surface area contributed by atoms with E-state index in [0.717, 1.165) is 47.8 Å². The van der Waals surface area contributed by atoms with Crippen molar-refractivity contribution in [2.24, 2.45) is 0 Å². The number of amides is 1. The number of nitro groups is 1. The number of rotatable bonds is 3. The van der Waals surface area contributed by atoms with E-state index in [9.17, 15) is 14.9 Å². The maximum atomic E-state index is 13.2. The topological polar surface area (TPSA) is 68.4 Å². The Kier molecular flexibility index (Phi) is 4.39. The molecule has 3 aromatic rings. The highest BCUT2D eigenvalue weighted by atomic mass is 16.6. The van der Waals surface area contributed by atoms with Crippen LogP contribution in [-0.4, -0.2) is 33.9 Å². The molecular formula is C21H21N3O3. The molecule has 6 heteroatoms. The van der Waals surface area contributed by atoms with Crippen molar-refractivity contribution in [3.63, 3.8) is 0 Å². The summed E-state index contributed by atoms with van der Waals surface area (Å²) in [7, 11) is 1.82. The number of aryl methyl sites for hydroxylation is 1. The van der Waals surface area contributed by atoms with Crippen molar-refractivity contribution in [3.8, 4) is 0 Å². The predicted molar refractivity (Wildman–Crippen MR) is 104 cm³/mol. The summed E-state index contributed by atoms with van der Waals surface area (Å²) in [5.74, 6) is -0.0144. The lowest BCUT2D eigenvalue weighted by Gasteiger charge is -2.22. The minimum atomic E-state index is -0.378. The van der Waals surface area contributed by atoms with Crippen molar-refractivity contribution in [1.82, 2.24) is 9.47 Å². The van der Waals surface area contributed by atoms with Gasteiger partial charge < -0.3 is 9.47 Å². The molecular weight excluding hydrogens is 342 g/mol. The first kappa shape index (κ1) is 17.3. The molecule has 0 unspecified atom stereocenters. The highest BCUT2D eigenvalue weighted by Gasteiger charge is 2.27. The molecule has 138 valence electrons. The molecule has 0 atom stereocenters. The van der Waals surface area contributed by atoms with Crippen LogP contribution >= 0.6 is 0 Å². The van der Waals surface area contributed by atoms with E-state index in [4.69, 9.17) is 0 Å². The van der Waals surface area contributed by atoms with Crippen LogP contribution in [0.15, 0.2) is 48.5 Å². The third-order valence-corrected chi connectivity index (χ3v) is 5.27. The van der Waals surface area contributed by atoms with E-state index in [-0.39, 0.29) is 16.5 Å². The minimum absolute atomic E-state index is 0.0144. The zero-order valence-corrected chi connectivity index (χ0v) is 15.2. The molecule has 1 amide bonds. The Morgan fingerprint density at radius 2 is 1.89 bits per heavy atom. The predicted octanol–water partition coefficient (Wildman–Crippen LogP) is 4.01. The van der Waals surface area contributed by atoms with Crippen molar-refractivity contribution in [1.29, 1.82) is 0 Å². The van der Waals surface area contributed by atoms with E-state index in [1.54, 1.807) is 17.0 Å². The molecule has 0 fully saturated rings. The SMILES string of the molecule is CN1CCCCc2c(n(Cc3ccccc3)c3ccc([N+](=O)[O-])cc23)C1=O. The fourth-order valence-corrected chi connectivity index (χ4v) is 3.89. The highest BCUT2D eigenvalue weighted by molar-refractivity contribution is 6.02. The van der Waals surface area contributed by atoms with Crippen LogP contribution in [-0.2, 0) is 13.0 Å². The van der Waals surface area contributed by atoms with Gasteiger partial charge in [-0.15, -0.1) is 0 Å². The minimum Gasteiger partial charge on any atom is -0.340 e. The number of benzene rings is 2. The van der Waals surface area contributed by atoms with Gasteiger partial charge in [-0.3, -0.25) is 14.9 Å². The van der Waals surface area contributed by atoms with E-state index >= 15 is 0 Å². The van der Waals surface area contributed by atoms with E-state index in [1.807, 2.05) is 41.9 Å². The van der Waals surface area contributed by atoms with Crippen molar-refractivity contribution in [2.45, 2.75) is 25.8 Å². The summed E-state index contributed by atoms with van der Waals surface area (Å²) >= 11 is 0. The third kappa shape index (κ3) is 3.07. The summed E-state index contributed by atoms with van der Waals surface area (Å²) in [5, 5.41) is 12.1. The summed E-state index contributed by atoms with van der Waals surface area (Å²) in [6.07, 6.45) is 2.65. The average molecular weight is 363 g/mol. The molecule has 0 N–H and O–H groups in total. The summed E-state index contributed by atoms with van der Waals surface area (Å²) in [6, 6.07) is 14.9. The molecule has 0 bridgehead atoms. The highest BCUT2D eigenvalue weighted by Crippen LogP contribution is 2.33. The molecule has 0 radical (unpaired) electrons. The summed E-state index contributed by atoms with van der Waals surface area (Å²) in [4.78, 5) is 25.8. The van der Waals surface area contributed by atoms with Crippen LogP contribution in [0.4, 0.5) is 5.69 Å². The molecule has 4 rings (SSSR count). The first-order valence-electron chi connectivity index (χ1n) is 9.15. The van der Waals surface area contributed by atoms with E-state index < -0.39 is 0 Å². The van der Waals surface area contributed by atoms with Crippen molar-refractivity contribution in [2.75, 3.05) is 13.6 Å². The number of nitrogens with zero attached hydrogens (tertiary/aromatic N) is 3. The van der Waals surface area contributed by atoms with Crippen LogP contribution in [0, 0.1) is 10.1 Å². The maximum absolute atomic E-state index is 13.2. The van der Waals surface area contributed by atoms with E-state index in [0.29, 0.717) is 12.2 Å². The van der Waals surface area contributed by atoms with Crippen molar-refractivity contribution < 1.29 is 9.72 Å². The third-order valence-electron chi connectivity index (χ3n) is 5.27. The van der Waals surface area contributed by atoms with Crippen LogP contribution in [0.1, 0.15) is 34.5 Å². The zero-order valence-electron chi connectivity index (χ0n) is 15.2. The number of fused-ring (bicyclic) bond motifs is 3. The molecule has 0 saturated heterocycles. The van der Waals surface area contributed by atoms with Gasteiger partial charge >= 0.3 is 0 Å². The molecule has 1 aliphatic heterocycles. The van der Waals surface area contributed by atoms with Gasteiger partial charge in [0.05, 0.1) is 4.92 Å². The second kappa shape index (κ2) is 6.87. The lowest BCUT2D eigenvalue weighted by Crippen LogP contribution is -2.32. The smallest absolute Gasteiger partial charge is 0.270 e. The Bertz CT molecular complexity index is 1020.